The van der Waals surface area contributed by atoms with Crippen LogP contribution in [-0.2, 0) is 11.8 Å². The average molecular weight is 367 g/mol. The summed E-state index contributed by atoms with van der Waals surface area (Å²) in [5.74, 6) is 0.594. The Labute approximate surface area is 158 Å². The Morgan fingerprint density at radius 1 is 1.26 bits per heavy atom. The topological polar surface area (TPSA) is 63.6 Å². The van der Waals surface area contributed by atoms with Crippen molar-refractivity contribution in [1.82, 2.24) is 9.47 Å². The quantitative estimate of drug-likeness (QED) is 0.888. The van der Waals surface area contributed by atoms with Crippen molar-refractivity contribution >= 4 is 11.7 Å². The van der Waals surface area contributed by atoms with Gasteiger partial charge in [-0.05, 0) is 24.5 Å². The average Bonchev–Trinajstić information content (AvgIpc) is 3.07. The first-order chi connectivity index (χ1) is 13.0. The number of pyridine rings is 1. The highest BCUT2D eigenvalue weighted by Crippen LogP contribution is 2.41. The predicted molar refractivity (Wildman–Crippen MR) is 104 cm³/mol. The summed E-state index contributed by atoms with van der Waals surface area (Å²) in [6.07, 6.45) is 2.54. The van der Waals surface area contributed by atoms with Crippen molar-refractivity contribution in [2.75, 3.05) is 25.1 Å². The van der Waals surface area contributed by atoms with Gasteiger partial charge in [-0.15, -0.1) is 0 Å². The van der Waals surface area contributed by atoms with Gasteiger partial charge in [-0.1, -0.05) is 30.3 Å². The molecule has 0 radical (unpaired) electrons. The third-order valence-corrected chi connectivity index (χ3v) is 5.84. The Kier molecular flexibility index (Phi) is 4.74. The number of rotatable bonds is 2. The number of amides is 2. The molecule has 2 fully saturated rings. The normalized spacial score (nSPS) is 24.5. The highest BCUT2D eigenvalue weighted by Gasteiger charge is 2.45. The van der Waals surface area contributed by atoms with E-state index in [0.717, 1.165) is 12.0 Å². The van der Waals surface area contributed by atoms with Gasteiger partial charge in [-0.3, -0.25) is 4.79 Å². The largest absolute Gasteiger partial charge is 0.381 e. The third kappa shape index (κ3) is 3.37. The Hall–Kier alpha value is -2.60. The molecule has 6 nitrogen and oxygen atoms in total. The number of carbonyl (C=O) groups is 1. The van der Waals surface area contributed by atoms with Crippen molar-refractivity contribution in [3.8, 4) is 0 Å². The number of aryl methyl sites for hydroxylation is 2. The summed E-state index contributed by atoms with van der Waals surface area (Å²) < 4.78 is 7.22. The summed E-state index contributed by atoms with van der Waals surface area (Å²) in [6.45, 7) is 3.89. The summed E-state index contributed by atoms with van der Waals surface area (Å²) >= 11 is 0. The van der Waals surface area contributed by atoms with Crippen molar-refractivity contribution in [2.24, 2.45) is 13.0 Å². The smallest absolute Gasteiger partial charge is 0.322 e. The zero-order valence-electron chi connectivity index (χ0n) is 15.7. The maximum absolute atomic E-state index is 13.1. The van der Waals surface area contributed by atoms with Gasteiger partial charge in [0.05, 0.1) is 12.3 Å². The van der Waals surface area contributed by atoms with Crippen LogP contribution in [-0.4, -0.2) is 41.3 Å². The molecule has 1 aromatic heterocycles. The minimum absolute atomic E-state index is 0.0830. The van der Waals surface area contributed by atoms with Gasteiger partial charge in [0, 0.05) is 50.3 Å². The molecule has 2 saturated heterocycles. The highest BCUT2D eigenvalue weighted by atomic mass is 16.5. The summed E-state index contributed by atoms with van der Waals surface area (Å²) in [6, 6.07) is 12.0. The first-order valence-corrected chi connectivity index (χ1v) is 9.42. The lowest BCUT2D eigenvalue weighted by molar-refractivity contribution is 0.0272. The number of anilines is 1. The standard InChI is InChI=1S/C21H25N3O3/c1-14-10-20(25)23(2)12-18(14)22-21(26)24-11-16(15-6-4-3-5-7-15)17-13-27-9-8-19(17)24/h3-7,10,12,16-17,19H,8-9,11,13H2,1-2H3,(H,22,26)/t16-,17-,19-/m1/s1. The molecule has 0 aliphatic carbocycles. The second kappa shape index (κ2) is 7.19. The number of aromatic nitrogens is 1. The number of likely N-dealkylation sites (tertiary alicyclic amines) is 1. The predicted octanol–water partition coefficient (Wildman–Crippen LogP) is 2.73. The van der Waals surface area contributed by atoms with Gasteiger partial charge in [-0.2, -0.15) is 0 Å². The van der Waals surface area contributed by atoms with Crippen molar-refractivity contribution < 1.29 is 9.53 Å². The van der Waals surface area contributed by atoms with Crippen molar-refractivity contribution in [2.45, 2.75) is 25.3 Å². The first kappa shape index (κ1) is 17.8. The first-order valence-electron chi connectivity index (χ1n) is 9.42. The molecule has 1 aromatic carbocycles. The van der Waals surface area contributed by atoms with Crippen molar-refractivity contribution in [1.29, 1.82) is 0 Å². The lowest BCUT2D eigenvalue weighted by Gasteiger charge is -2.32. The number of hydrogen-bond acceptors (Lipinski definition) is 3. The van der Waals surface area contributed by atoms with Crippen LogP contribution >= 0.6 is 0 Å². The van der Waals surface area contributed by atoms with E-state index in [4.69, 9.17) is 4.74 Å². The molecule has 0 saturated carbocycles. The van der Waals surface area contributed by atoms with E-state index in [9.17, 15) is 9.59 Å². The minimum atomic E-state index is -0.105. The number of hydrogen-bond donors (Lipinski definition) is 1. The number of nitrogens with zero attached hydrogens (tertiary/aromatic N) is 2. The Morgan fingerprint density at radius 3 is 2.81 bits per heavy atom. The van der Waals surface area contributed by atoms with E-state index in [1.165, 1.54) is 10.1 Å². The number of benzene rings is 1. The van der Waals surface area contributed by atoms with E-state index in [-0.39, 0.29) is 23.6 Å². The van der Waals surface area contributed by atoms with Gasteiger partial charge >= 0.3 is 6.03 Å². The van der Waals surface area contributed by atoms with Crippen LogP contribution in [0.3, 0.4) is 0 Å². The fraction of sp³-hybridized carbons (Fsp3) is 0.429. The van der Waals surface area contributed by atoms with E-state index in [1.54, 1.807) is 19.3 Å². The molecule has 142 valence electrons. The zero-order valence-corrected chi connectivity index (χ0v) is 15.7. The second-order valence-electron chi connectivity index (χ2n) is 7.51. The summed E-state index contributed by atoms with van der Waals surface area (Å²) in [4.78, 5) is 26.8. The molecule has 27 heavy (non-hydrogen) atoms. The number of ether oxygens (including phenoxy) is 1. The number of urea groups is 1. The molecule has 2 aliphatic heterocycles. The number of nitrogens with one attached hydrogen (secondary N) is 1. The van der Waals surface area contributed by atoms with Crippen LogP contribution in [0.5, 0.6) is 0 Å². The molecule has 1 N–H and O–H groups in total. The lowest BCUT2D eigenvalue weighted by Crippen LogP contribution is -2.44. The van der Waals surface area contributed by atoms with Crippen LogP contribution in [0.2, 0.25) is 0 Å². The van der Waals surface area contributed by atoms with Crippen LogP contribution in [0, 0.1) is 12.8 Å². The van der Waals surface area contributed by atoms with Crippen LogP contribution in [0.4, 0.5) is 10.5 Å². The molecule has 2 amide bonds. The summed E-state index contributed by atoms with van der Waals surface area (Å²) in [5, 5.41) is 3.01. The molecule has 2 aromatic rings. The number of fused-ring (bicyclic) bond motifs is 1. The molecule has 3 atom stereocenters. The molecule has 0 bridgehead atoms. The molecule has 4 rings (SSSR count). The van der Waals surface area contributed by atoms with Gasteiger partial charge in [0.15, 0.2) is 0 Å². The summed E-state index contributed by atoms with van der Waals surface area (Å²) in [5.41, 5.74) is 2.62. The fourth-order valence-electron chi connectivity index (χ4n) is 4.33. The van der Waals surface area contributed by atoms with E-state index in [1.807, 2.05) is 30.0 Å². The van der Waals surface area contributed by atoms with Gasteiger partial charge in [0.25, 0.3) is 5.56 Å². The van der Waals surface area contributed by atoms with E-state index >= 15 is 0 Å². The lowest BCUT2D eigenvalue weighted by atomic mass is 9.84. The van der Waals surface area contributed by atoms with Gasteiger partial charge < -0.3 is 19.5 Å². The molecule has 0 spiro atoms. The summed E-state index contributed by atoms with van der Waals surface area (Å²) in [7, 11) is 1.69. The second-order valence-corrected chi connectivity index (χ2v) is 7.51. The SMILES string of the molecule is Cc1cc(=O)n(C)cc1NC(=O)N1C[C@H](c2ccccc2)[C@H]2COCC[C@H]21. The fourth-order valence-corrected chi connectivity index (χ4v) is 4.33. The Bertz CT molecular complexity index is 893. The minimum Gasteiger partial charge on any atom is -0.381 e. The highest BCUT2D eigenvalue weighted by molar-refractivity contribution is 5.90. The van der Waals surface area contributed by atoms with E-state index < -0.39 is 0 Å². The van der Waals surface area contributed by atoms with Crippen LogP contribution < -0.4 is 10.9 Å². The van der Waals surface area contributed by atoms with Crippen LogP contribution in [0.1, 0.15) is 23.5 Å². The Morgan fingerprint density at radius 2 is 2.04 bits per heavy atom. The number of carbonyl (C=O) groups excluding carboxylic acids is 1. The maximum atomic E-state index is 13.1. The molecule has 6 heteroatoms. The monoisotopic (exact) mass is 367 g/mol. The zero-order chi connectivity index (χ0) is 19.0. The van der Waals surface area contributed by atoms with Crippen molar-refractivity contribution in [3.63, 3.8) is 0 Å². The van der Waals surface area contributed by atoms with Gasteiger partial charge in [-0.25, -0.2) is 4.79 Å². The van der Waals surface area contributed by atoms with Gasteiger partial charge in [0.1, 0.15) is 0 Å². The van der Waals surface area contributed by atoms with Gasteiger partial charge in [0.2, 0.25) is 0 Å². The third-order valence-electron chi connectivity index (χ3n) is 5.84. The van der Waals surface area contributed by atoms with E-state index in [2.05, 4.69) is 17.4 Å². The maximum Gasteiger partial charge on any atom is 0.322 e. The molecule has 0 unspecified atom stereocenters. The van der Waals surface area contributed by atoms with Crippen molar-refractivity contribution in [3.05, 3.63) is 64.1 Å². The molecular weight excluding hydrogens is 342 g/mol. The Balaban J connectivity index is 1.58. The van der Waals surface area contributed by atoms with Crippen LogP contribution in [0.15, 0.2) is 47.4 Å². The molecule has 3 heterocycles. The molecular formula is C21H25N3O3. The van der Waals surface area contributed by atoms with E-state index in [0.29, 0.717) is 31.4 Å². The van der Waals surface area contributed by atoms with Crippen LogP contribution in [0.25, 0.3) is 0 Å². The molecule has 2 aliphatic rings.